The number of pyridine rings is 1. The van der Waals surface area contributed by atoms with Crippen LogP contribution in [0.15, 0.2) is 52.7 Å². The molecule has 0 saturated heterocycles. The van der Waals surface area contributed by atoms with E-state index in [4.69, 9.17) is 11.5 Å². The van der Waals surface area contributed by atoms with Gasteiger partial charge in [0.25, 0.3) is 0 Å². The topological polar surface area (TPSA) is 102 Å². The van der Waals surface area contributed by atoms with E-state index in [0.29, 0.717) is 29.1 Å². The Morgan fingerprint density at radius 3 is 2.39 bits per heavy atom. The van der Waals surface area contributed by atoms with Crippen molar-refractivity contribution in [3.8, 4) is 11.1 Å². The Balaban J connectivity index is 0.00000187. The van der Waals surface area contributed by atoms with Crippen molar-refractivity contribution in [2.75, 3.05) is 12.8 Å². The predicted molar refractivity (Wildman–Crippen MR) is 134 cm³/mol. The Kier molecular flexibility index (Phi) is 8.80. The summed E-state index contributed by atoms with van der Waals surface area (Å²) in [5.74, 6) is -0.308. The maximum Gasteiger partial charge on any atom is 0.243 e. The molecular weight excluding hydrogens is 439 g/mol. The Morgan fingerprint density at radius 1 is 1.24 bits per heavy atom. The number of halogens is 1. The monoisotopic (exact) mass is 474 g/mol. The SMILES string of the molecule is CC.CC/C(=C\C(N)=C(C)C)c1cc(-c2ccc(S(=O)(=O)N(C)C3CC3)cc2F)cnc1N. The highest BCUT2D eigenvalue weighted by molar-refractivity contribution is 7.89. The highest BCUT2D eigenvalue weighted by Crippen LogP contribution is 2.33. The normalized spacial score (nSPS) is 14.0. The minimum absolute atomic E-state index is 0.00379. The summed E-state index contributed by atoms with van der Waals surface area (Å²) in [5, 5.41) is 0. The van der Waals surface area contributed by atoms with Crippen LogP contribution >= 0.6 is 0 Å². The molecule has 3 rings (SSSR count). The van der Waals surface area contributed by atoms with E-state index in [0.717, 1.165) is 30.1 Å². The second-order valence-electron chi connectivity index (χ2n) is 8.03. The third-order valence-electron chi connectivity index (χ3n) is 5.54. The molecule has 1 fully saturated rings. The van der Waals surface area contributed by atoms with Gasteiger partial charge in [0.05, 0.1) is 4.90 Å². The summed E-state index contributed by atoms with van der Waals surface area (Å²) in [6, 6.07) is 5.74. The number of nitrogens with zero attached hydrogens (tertiary/aromatic N) is 2. The molecule has 1 aliphatic carbocycles. The lowest BCUT2D eigenvalue weighted by atomic mass is 9.98. The van der Waals surface area contributed by atoms with E-state index in [1.54, 1.807) is 6.07 Å². The van der Waals surface area contributed by atoms with Gasteiger partial charge in [-0.3, -0.25) is 0 Å². The molecule has 0 unspecified atom stereocenters. The molecule has 1 heterocycles. The number of benzene rings is 1. The van der Waals surface area contributed by atoms with E-state index in [1.807, 2.05) is 40.7 Å². The molecule has 1 saturated carbocycles. The zero-order valence-corrected chi connectivity index (χ0v) is 21.1. The molecule has 0 amide bonds. The van der Waals surface area contributed by atoms with Crippen molar-refractivity contribution >= 4 is 21.4 Å². The summed E-state index contributed by atoms with van der Waals surface area (Å²) in [7, 11) is -2.19. The first-order valence-electron chi connectivity index (χ1n) is 11.2. The highest BCUT2D eigenvalue weighted by Gasteiger charge is 2.35. The number of sulfonamides is 1. The number of hydrogen-bond donors (Lipinski definition) is 2. The van der Waals surface area contributed by atoms with Gasteiger partial charge in [-0.15, -0.1) is 0 Å². The minimum Gasteiger partial charge on any atom is -0.399 e. The molecule has 0 aliphatic heterocycles. The van der Waals surface area contributed by atoms with Crippen molar-refractivity contribution in [2.45, 2.75) is 64.8 Å². The summed E-state index contributed by atoms with van der Waals surface area (Å²) in [6.07, 6.45) is 5.67. The average Bonchev–Trinajstić information content (AvgIpc) is 3.64. The molecule has 33 heavy (non-hydrogen) atoms. The van der Waals surface area contributed by atoms with Crippen LogP contribution in [0.25, 0.3) is 16.7 Å². The summed E-state index contributed by atoms with van der Waals surface area (Å²) in [4.78, 5) is 4.18. The Labute approximate surface area is 197 Å². The molecule has 0 spiro atoms. The third kappa shape index (κ3) is 6.00. The molecule has 6 nitrogen and oxygen atoms in total. The van der Waals surface area contributed by atoms with E-state index >= 15 is 0 Å². The zero-order valence-electron chi connectivity index (χ0n) is 20.3. The Morgan fingerprint density at radius 2 is 1.88 bits per heavy atom. The smallest absolute Gasteiger partial charge is 0.243 e. The van der Waals surface area contributed by atoms with Crippen molar-refractivity contribution in [1.82, 2.24) is 9.29 Å². The quantitative estimate of drug-likeness (QED) is 0.528. The van der Waals surface area contributed by atoms with Crippen LogP contribution in [0, 0.1) is 5.82 Å². The van der Waals surface area contributed by atoms with Crippen molar-refractivity contribution < 1.29 is 12.8 Å². The average molecular weight is 475 g/mol. The van der Waals surface area contributed by atoms with Gasteiger partial charge in [-0.25, -0.2) is 17.8 Å². The first kappa shape index (κ1) is 26.5. The zero-order chi connectivity index (χ0) is 24.9. The van der Waals surface area contributed by atoms with Crippen molar-refractivity contribution in [3.63, 3.8) is 0 Å². The molecule has 1 aromatic carbocycles. The fourth-order valence-corrected chi connectivity index (χ4v) is 4.70. The third-order valence-corrected chi connectivity index (χ3v) is 7.45. The molecule has 0 atom stereocenters. The van der Waals surface area contributed by atoms with Gasteiger partial charge in [0.2, 0.25) is 10.0 Å². The lowest BCUT2D eigenvalue weighted by molar-refractivity contribution is 0.463. The number of nitrogens with two attached hydrogens (primary N) is 2. The summed E-state index contributed by atoms with van der Waals surface area (Å²) >= 11 is 0. The number of anilines is 1. The molecule has 1 aliphatic rings. The highest BCUT2D eigenvalue weighted by atomic mass is 32.2. The van der Waals surface area contributed by atoms with E-state index in [2.05, 4.69) is 4.98 Å². The van der Waals surface area contributed by atoms with Gasteiger partial charge >= 0.3 is 0 Å². The Bertz CT molecular complexity index is 1160. The van der Waals surface area contributed by atoms with Gasteiger partial charge < -0.3 is 11.5 Å². The second-order valence-corrected chi connectivity index (χ2v) is 10.0. The predicted octanol–water partition coefficient (Wildman–Crippen LogP) is 5.33. The van der Waals surface area contributed by atoms with E-state index in [9.17, 15) is 12.8 Å². The largest absolute Gasteiger partial charge is 0.399 e. The van der Waals surface area contributed by atoms with Gasteiger partial charge in [0.15, 0.2) is 0 Å². The molecule has 180 valence electrons. The lowest BCUT2D eigenvalue weighted by Gasteiger charge is -2.17. The fraction of sp³-hybridized carbons (Fsp3) is 0.400. The van der Waals surface area contributed by atoms with E-state index < -0.39 is 15.8 Å². The van der Waals surface area contributed by atoms with Gasteiger partial charge in [-0.05, 0) is 63.0 Å². The van der Waals surface area contributed by atoms with Gasteiger partial charge in [-0.1, -0.05) is 32.4 Å². The van der Waals surface area contributed by atoms with Crippen LogP contribution in [0.2, 0.25) is 0 Å². The van der Waals surface area contributed by atoms with Crippen LogP contribution in [0.5, 0.6) is 0 Å². The summed E-state index contributed by atoms with van der Waals surface area (Å²) in [6.45, 7) is 9.82. The van der Waals surface area contributed by atoms with Crippen molar-refractivity contribution in [1.29, 1.82) is 0 Å². The fourth-order valence-electron chi connectivity index (χ4n) is 3.27. The van der Waals surface area contributed by atoms with Crippen molar-refractivity contribution in [2.24, 2.45) is 5.73 Å². The van der Waals surface area contributed by atoms with Crippen molar-refractivity contribution in [3.05, 3.63) is 59.2 Å². The number of rotatable bonds is 7. The number of nitrogen functional groups attached to an aromatic ring is 1. The van der Waals surface area contributed by atoms with Crippen LogP contribution in [0.1, 0.15) is 59.4 Å². The summed E-state index contributed by atoms with van der Waals surface area (Å²) in [5.41, 5.74) is 16.1. The van der Waals surface area contributed by atoms with E-state index in [1.165, 1.54) is 29.7 Å². The molecule has 4 N–H and O–H groups in total. The molecule has 1 aromatic heterocycles. The van der Waals surface area contributed by atoms with Gasteiger partial charge in [0.1, 0.15) is 11.6 Å². The standard InChI is InChI=1S/C23H29FN4O2S.C2H6/c1-5-15(11-22(25)14(2)3)20-10-16(13-27-23(20)26)19-9-8-18(12-21(19)24)31(29,30)28(4)17-6-7-17;1-2/h8-13,17H,5-7,25H2,1-4H3,(H2,26,27);1-2H3/b15-11+;. The van der Waals surface area contributed by atoms with Gasteiger partial charge in [0, 0.05) is 41.7 Å². The maximum absolute atomic E-state index is 15.0. The number of allylic oxidation sites excluding steroid dienone is 3. The molecular formula is C25H35FN4O2S. The van der Waals surface area contributed by atoms with Crippen LogP contribution in [0.4, 0.5) is 10.2 Å². The maximum atomic E-state index is 15.0. The molecule has 0 radical (unpaired) electrons. The van der Waals surface area contributed by atoms with E-state index in [-0.39, 0.29) is 16.5 Å². The summed E-state index contributed by atoms with van der Waals surface area (Å²) < 4.78 is 41.7. The number of hydrogen-bond acceptors (Lipinski definition) is 5. The number of aromatic nitrogens is 1. The van der Waals surface area contributed by atoms with Crippen LogP contribution < -0.4 is 11.5 Å². The second kappa shape index (κ2) is 10.9. The van der Waals surface area contributed by atoms with Crippen LogP contribution in [-0.2, 0) is 10.0 Å². The van der Waals surface area contributed by atoms with Gasteiger partial charge in [-0.2, -0.15) is 4.31 Å². The lowest BCUT2D eigenvalue weighted by Crippen LogP contribution is -2.29. The molecule has 0 bridgehead atoms. The van der Waals surface area contributed by atoms with Crippen LogP contribution in [0.3, 0.4) is 0 Å². The molecule has 2 aromatic rings. The Hall–Kier alpha value is -2.71. The minimum atomic E-state index is -3.72. The van der Waals surface area contributed by atoms with Crippen LogP contribution in [-0.4, -0.2) is 30.8 Å². The molecule has 8 heteroatoms. The first-order valence-corrected chi connectivity index (χ1v) is 12.7. The first-order chi connectivity index (χ1) is 15.6.